The second kappa shape index (κ2) is 6.63. The highest BCUT2D eigenvalue weighted by Gasteiger charge is 2.47. The number of rotatable bonds is 3. The van der Waals surface area contributed by atoms with Crippen LogP contribution in [-0.4, -0.2) is 61.0 Å². The summed E-state index contributed by atoms with van der Waals surface area (Å²) in [4.78, 5) is 19.9. The molecule has 2 aliphatic rings. The molecule has 1 aromatic heterocycles. The summed E-state index contributed by atoms with van der Waals surface area (Å²) < 4.78 is 27.4. The van der Waals surface area contributed by atoms with E-state index in [1.807, 2.05) is 11.0 Å². The summed E-state index contributed by atoms with van der Waals surface area (Å²) in [7, 11) is 1.57. The molecule has 0 spiro atoms. The van der Waals surface area contributed by atoms with Crippen LogP contribution in [0, 0.1) is 5.92 Å². The molecule has 7 heteroatoms. The van der Waals surface area contributed by atoms with Gasteiger partial charge >= 0.3 is 0 Å². The van der Waals surface area contributed by atoms with Crippen LogP contribution in [0.15, 0.2) is 18.3 Å². The quantitative estimate of drug-likeness (QED) is 0.916. The summed E-state index contributed by atoms with van der Waals surface area (Å²) in [5.41, 5.74) is 1.37. The number of likely N-dealkylation sites (tertiary alicyclic amines) is 1. The molecule has 1 amide bonds. The maximum Gasteiger partial charge on any atom is 0.269 e. The van der Waals surface area contributed by atoms with Gasteiger partial charge in [0.1, 0.15) is 5.69 Å². The molecule has 1 atom stereocenters. The summed E-state index contributed by atoms with van der Waals surface area (Å²) in [6.07, 6.45) is 3.46. The maximum absolute atomic E-state index is 13.7. The molecule has 24 heavy (non-hydrogen) atoms. The first-order valence-electron chi connectivity index (χ1n) is 8.45. The Kier molecular flexibility index (Phi) is 4.71. The minimum Gasteiger partial charge on any atom is -0.370 e. The number of pyridine rings is 1. The molecule has 0 aromatic carbocycles. The molecule has 0 aliphatic carbocycles. The zero-order valence-corrected chi connectivity index (χ0v) is 14.1. The molecule has 132 valence electrons. The maximum atomic E-state index is 13.7. The van der Waals surface area contributed by atoms with Crippen molar-refractivity contribution < 1.29 is 13.6 Å². The second-order valence-corrected chi connectivity index (χ2v) is 6.79. The minimum atomic E-state index is -2.56. The normalized spacial score (nSPS) is 25.0. The van der Waals surface area contributed by atoms with Gasteiger partial charge in [-0.25, -0.2) is 13.8 Å². The van der Waals surface area contributed by atoms with E-state index >= 15 is 0 Å². The standard InChI is InChI=1S/C17H24F2N4O/c1-12-10-23(11-17(12,18)19)13-5-7-22(8-6-13)14-3-4-15(21-9-14)16(24)20-2/h3-4,9,12-13H,5-8,10-11H2,1-2H3,(H,20,24). The Morgan fingerprint density at radius 1 is 1.33 bits per heavy atom. The number of halogens is 2. The summed E-state index contributed by atoms with van der Waals surface area (Å²) in [5, 5.41) is 2.55. The topological polar surface area (TPSA) is 48.5 Å². The number of nitrogens with one attached hydrogen (secondary N) is 1. The SMILES string of the molecule is CNC(=O)c1ccc(N2CCC(N3CC(C)C(F)(F)C3)CC2)cn1. The van der Waals surface area contributed by atoms with Gasteiger partial charge in [-0.05, 0) is 25.0 Å². The molecule has 1 aromatic rings. The zero-order valence-electron chi connectivity index (χ0n) is 14.1. The van der Waals surface area contributed by atoms with Crippen molar-refractivity contribution in [1.82, 2.24) is 15.2 Å². The first kappa shape index (κ1) is 17.1. The highest BCUT2D eigenvalue weighted by Crippen LogP contribution is 2.35. The third-order valence-electron chi connectivity index (χ3n) is 5.20. The number of nitrogens with zero attached hydrogens (tertiary/aromatic N) is 3. The Bertz CT molecular complexity index is 585. The smallest absolute Gasteiger partial charge is 0.269 e. The van der Waals surface area contributed by atoms with Crippen molar-refractivity contribution >= 4 is 11.6 Å². The number of amides is 1. The molecule has 5 nitrogen and oxygen atoms in total. The van der Waals surface area contributed by atoms with E-state index in [0.29, 0.717) is 12.2 Å². The van der Waals surface area contributed by atoms with Crippen LogP contribution in [0.25, 0.3) is 0 Å². The van der Waals surface area contributed by atoms with Gasteiger partial charge in [0.2, 0.25) is 0 Å². The summed E-state index contributed by atoms with van der Waals surface area (Å²) in [6.45, 7) is 3.65. The van der Waals surface area contributed by atoms with E-state index in [2.05, 4.69) is 15.2 Å². The molecule has 0 saturated carbocycles. The third kappa shape index (κ3) is 3.36. The summed E-state index contributed by atoms with van der Waals surface area (Å²) in [5.74, 6) is -3.32. The second-order valence-electron chi connectivity index (χ2n) is 6.79. The number of aromatic nitrogens is 1. The van der Waals surface area contributed by atoms with Crippen molar-refractivity contribution in [3.05, 3.63) is 24.0 Å². The number of hydrogen-bond acceptors (Lipinski definition) is 4. The summed E-state index contributed by atoms with van der Waals surface area (Å²) >= 11 is 0. The fraction of sp³-hybridized carbons (Fsp3) is 0.647. The minimum absolute atomic E-state index is 0.110. The van der Waals surface area contributed by atoms with Gasteiger partial charge in [0.05, 0.1) is 18.4 Å². The van der Waals surface area contributed by atoms with E-state index in [4.69, 9.17) is 0 Å². The number of anilines is 1. The van der Waals surface area contributed by atoms with Gasteiger partial charge in [-0.3, -0.25) is 9.69 Å². The van der Waals surface area contributed by atoms with E-state index in [9.17, 15) is 13.6 Å². The number of carbonyl (C=O) groups is 1. The molecule has 2 fully saturated rings. The van der Waals surface area contributed by atoms with Gasteiger partial charge in [-0.1, -0.05) is 6.92 Å². The fourth-order valence-electron chi connectivity index (χ4n) is 3.58. The molecule has 1 N–H and O–H groups in total. The molecule has 2 aliphatic heterocycles. The lowest BCUT2D eigenvalue weighted by molar-refractivity contribution is -0.0238. The monoisotopic (exact) mass is 338 g/mol. The van der Waals surface area contributed by atoms with Crippen LogP contribution in [0.2, 0.25) is 0 Å². The van der Waals surface area contributed by atoms with Gasteiger partial charge in [-0.15, -0.1) is 0 Å². The lowest BCUT2D eigenvalue weighted by Crippen LogP contribution is -2.44. The molecule has 0 radical (unpaired) electrons. The highest BCUT2D eigenvalue weighted by molar-refractivity contribution is 5.92. The number of piperidine rings is 1. The average molecular weight is 338 g/mol. The van der Waals surface area contributed by atoms with E-state index in [0.717, 1.165) is 31.6 Å². The lowest BCUT2D eigenvalue weighted by Gasteiger charge is -2.37. The summed E-state index contributed by atoms with van der Waals surface area (Å²) in [6, 6.07) is 3.84. The van der Waals surface area contributed by atoms with Crippen molar-refractivity contribution in [1.29, 1.82) is 0 Å². The largest absolute Gasteiger partial charge is 0.370 e. The number of hydrogen-bond donors (Lipinski definition) is 1. The van der Waals surface area contributed by atoms with Crippen LogP contribution >= 0.6 is 0 Å². The van der Waals surface area contributed by atoms with Crippen LogP contribution in [0.4, 0.5) is 14.5 Å². The fourth-order valence-corrected chi connectivity index (χ4v) is 3.58. The molecule has 0 bridgehead atoms. The van der Waals surface area contributed by atoms with Crippen LogP contribution in [0.5, 0.6) is 0 Å². The highest BCUT2D eigenvalue weighted by atomic mass is 19.3. The van der Waals surface area contributed by atoms with Crippen molar-refractivity contribution in [3.63, 3.8) is 0 Å². The van der Waals surface area contributed by atoms with Gasteiger partial charge in [0.15, 0.2) is 0 Å². The lowest BCUT2D eigenvalue weighted by atomic mass is 10.0. The molecular weight excluding hydrogens is 314 g/mol. The van der Waals surface area contributed by atoms with Gasteiger partial charge in [0.25, 0.3) is 11.8 Å². The average Bonchev–Trinajstić information content (AvgIpc) is 2.87. The van der Waals surface area contributed by atoms with E-state index in [1.54, 1.807) is 26.2 Å². The predicted molar refractivity (Wildman–Crippen MR) is 88.5 cm³/mol. The first-order valence-corrected chi connectivity index (χ1v) is 8.45. The Morgan fingerprint density at radius 2 is 2.04 bits per heavy atom. The van der Waals surface area contributed by atoms with E-state index < -0.39 is 11.8 Å². The van der Waals surface area contributed by atoms with Crippen molar-refractivity contribution in [2.24, 2.45) is 5.92 Å². The van der Waals surface area contributed by atoms with Crippen molar-refractivity contribution in [2.75, 3.05) is 38.1 Å². The van der Waals surface area contributed by atoms with Crippen LogP contribution in [-0.2, 0) is 0 Å². The van der Waals surface area contributed by atoms with E-state index in [-0.39, 0.29) is 18.5 Å². The zero-order chi connectivity index (χ0) is 17.3. The molecule has 3 heterocycles. The van der Waals surface area contributed by atoms with Gasteiger partial charge < -0.3 is 10.2 Å². The number of carbonyl (C=O) groups excluding carboxylic acids is 1. The third-order valence-corrected chi connectivity index (χ3v) is 5.20. The Labute approximate surface area is 141 Å². The van der Waals surface area contributed by atoms with Gasteiger partial charge in [-0.2, -0.15) is 0 Å². The first-order chi connectivity index (χ1) is 11.4. The van der Waals surface area contributed by atoms with Crippen LogP contribution in [0.3, 0.4) is 0 Å². The van der Waals surface area contributed by atoms with Crippen LogP contribution in [0.1, 0.15) is 30.3 Å². The van der Waals surface area contributed by atoms with Crippen molar-refractivity contribution in [2.45, 2.75) is 31.7 Å². The van der Waals surface area contributed by atoms with Gasteiger partial charge in [0, 0.05) is 38.6 Å². The Hall–Kier alpha value is -1.76. The Morgan fingerprint density at radius 3 is 2.54 bits per heavy atom. The predicted octanol–water partition coefficient (Wildman–Crippen LogP) is 2.00. The van der Waals surface area contributed by atoms with Crippen LogP contribution < -0.4 is 10.2 Å². The molecule has 1 unspecified atom stereocenters. The number of alkyl halides is 2. The Balaban J connectivity index is 1.56. The molecule has 3 rings (SSSR count). The van der Waals surface area contributed by atoms with Crippen molar-refractivity contribution in [3.8, 4) is 0 Å². The van der Waals surface area contributed by atoms with E-state index in [1.165, 1.54) is 0 Å². The molecular formula is C17H24F2N4O. The molecule has 2 saturated heterocycles.